The molecule has 2 aromatic rings. The largest absolute Gasteiger partial charge is 0.490 e. The third-order valence-corrected chi connectivity index (χ3v) is 6.16. The SMILES string of the molecule is CCC1CCCCN1c1nc(NC2CC2)nc(OCCOc2ccc(OC(C)(C)C(=O)O)cc2)n1. The number of nitrogens with zero attached hydrogens (tertiary/aromatic N) is 4. The molecule has 1 aliphatic heterocycles. The predicted molar refractivity (Wildman–Crippen MR) is 132 cm³/mol. The van der Waals surface area contributed by atoms with Gasteiger partial charge >= 0.3 is 12.0 Å². The van der Waals surface area contributed by atoms with Crippen LogP contribution in [0.1, 0.15) is 59.3 Å². The lowest BCUT2D eigenvalue weighted by atomic mass is 10.0. The summed E-state index contributed by atoms with van der Waals surface area (Å²) in [7, 11) is 0. The van der Waals surface area contributed by atoms with E-state index in [1.807, 2.05) is 0 Å². The van der Waals surface area contributed by atoms with E-state index in [1.165, 1.54) is 20.3 Å². The molecule has 1 aliphatic carbocycles. The van der Waals surface area contributed by atoms with Crippen molar-refractivity contribution in [3.05, 3.63) is 24.3 Å². The maximum atomic E-state index is 11.2. The topological polar surface area (TPSA) is 119 Å². The first-order valence-electron chi connectivity index (χ1n) is 12.4. The van der Waals surface area contributed by atoms with Gasteiger partial charge in [-0.25, -0.2) is 4.79 Å². The molecule has 1 saturated carbocycles. The highest BCUT2D eigenvalue weighted by Crippen LogP contribution is 2.28. The number of carboxylic acid groups (broad SMARTS) is 1. The molecule has 0 bridgehead atoms. The third kappa shape index (κ3) is 6.86. The van der Waals surface area contributed by atoms with Crippen molar-refractivity contribution in [1.82, 2.24) is 15.0 Å². The van der Waals surface area contributed by atoms with E-state index < -0.39 is 11.6 Å². The van der Waals surface area contributed by atoms with Crippen molar-refractivity contribution in [1.29, 1.82) is 0 Å². The zero-order chi connectivity index (χ0) is 24.8. The summed E-state index contributed by atoms with van der Waals surface area (Å²) in [6, 6.07) is 7.97. The minimum Gasteiger partial charge on any atom is -0.490 e. The molecule has 1 saturated heterocycles. The summed E-state index contributed by atoms with van der Waals surface area (Å²) in [6.07, 6.45) is 6.83. The summed E-state index contributed by atoms with van der Waals surface area (Å²) in [5.41, 5.74) is -1.31. The average Bonchev–Trinajstić information content (AvgIpc) is 3.66. The molecule has 0 amide bonds. The molecule has 1 aromatic carbocycles. The number of anilines is 2. The lowest BCUT2D eigenvalue weighted by Gasteiger charge is -2.35. The van der Waals surface area contributed by atoms with E-state index in [9.17, 15) is 9.90 Å². The first kappa shape index (κ1) is 24.8. The van der Waals surface area contributed by atoms with Crippen LogP contribution >= 0.6 is 0 Å². The molecule has 4 rings (SSSR count). The average molecular weight is 486 g/mol. The van der Waals surface area contributed by atoms with Crippen molar-refractivity contribution in [2.75, 3.05) is 30.0 Å². The van der Waals surface area contributed by atoms with Crippen LogP contribution in [0.5, 0.6) is 17.5 Å². The zero-order valence-electron chi connectivity index (χ0n) is 20.7. The number of hydrogen-bond acceptors (Lipinski definition) is 9. The fraction of sp³-hybridized carbons (Fsp3) is 0.600. The second-order valence-electron chi connectivity index (χ2n) is 9.50. The molecule has 2 aliphatic rings. The molecule has 190 valence electrons. The standard InChI is InChI=1S/C25H35N5O5/c1-4-18-7-5-6-14-30(18)23-27-22(26-17-8-9-17)28-24(29-23)34-16-15-33-19-10-12-20(13-11-19)35-25(2,3)21(31)32/h10-13,17-18H,4-9,14-16H2,1-3H3,(H,31,32)(H,26,27,28,29). The van der Waals surface area contributed by atoms with Crippen molar-refractivity contribution < 1.29 is 24.1 Å². The Hall–Kier alpha value is -3.30. The lowest BCUT2D eigenvalue weighted by molar-refractivity contribution is -0.152. The van der Waals surface area contributed by atoms with E-state index in [2.05, 4.69) is 32.1 Å². The van der Waals surface area contributed by atoms with Gasteiger partial charge in [0.25, 0.3) is 0 Å². The summed E-state index contributed by atoms with van der Waals surface area (Å²) in [4.78, 5) is 27.3. The highest BCUT2D eigenvalue weighted by molar-refractivity contribution is 5.76. The molecule has 0 spiro atoms. The Labute approximate surface area is 206 Å². The van der Waals surface area contributed by atoms with Gasteiger partial charge in [0.2, 0.25) is 11.9 Å². The van der Waals surface area contributed by atoms with E-state index in [4.69, 9.17) is 14.2 Å². The van der Waals surface area contributed by atoms with Gasteiger partial charge in [0.05, 0.1) is 0 Å². The minimum atomic E-state index is -1.31. The van der Waals surface area contributed by atoms with Crippen LogP contribution in [0.2, 0.25) is 0 Å². The number of ether oxygens (including phenoxy) is 3. The van der Waals surface area contributed by atoms with Gasteiger partial charge in [0.15, 0.2) is 5.60 Å². The van der Waals surface area contributed by atoms with Gasteiger partial charge in [-0.1, -0.05) is 6.92 Å². The first-order chi connectivity index (χ1) is 16.8. The van der Waals surface area contributed by atoms with Crippen molar-refractivity contribution in [2.24, 2.45) is 0 Å². The molecule has 2 heterocycles. The number of nitrogens with one attached hydrogen (secondary N) is 1. The van der Waals surface area contributed by atoms with E-state index >= 15 is 0 Å². The summed E-state index contributed by atoms with van der Waals surface area (Å²) in [5, 5.41) is 12.6. The van der Waals surface area contributed by atoms with Gasteiger partial charge in [-0.2, -0.15) is 15.0 Å². The van der Waals surface area contributed by atoms with Gasteiger partial charge in [-0.05, 0) is 76.6 Å². The Morgan fingerprint density at radius 3 is 2.46 bits per heavy atom. The summed E-state index contributed by atoms with van der Waals surface area (Å²) < 4.78 is 17.1. The fourth-order valence-electron chi connectivity index (χ4n) is 3.94. The summed E-state index contributed by atoms with van der Waals surface area (Å²) in [5.74, 6) is 1.29. The quantitative estimate of drug-likeness (QED) is 0.428. The number of piperidine rings is 1. The van der Waals surface area contributed by atoms with Crippen LogP contribution in [-0.2, 0) is 4.79 Å². The van der Waals surface area contributed by atoms with Gasteiger partial charge < -0.3 is 29.5 Å². The number of rotatable bonds is 12. The smallest absolute Gasteiger partial charge is 0.347 e. The second kappa shape index (κ2) is 11.0. The minimum absolute atomic E-state index is 0.272. The number of aromatic nitrogens is 3. The van der Waals surface area contributed by atoms with Gasteiger partial charge in [0.1, 0.15) is 24.7 Å². The van der Waals surface area contributed by atoms with Gasteiger partial charge in [-0.15, -0.1) is 0 Å². The Bertz CT molecular complexity index is 996. The molecular weight excluding hydrogens is 450 g/mol. The van der Waals surface area contributed by atoms with Crippen LogP contribution in [0.3, 0.4) is 0 Å². The van der Waals surface area contributed by atoms with Crippen LogP contribution in [0.4, 0.5) is 11.9 Å². The normalized spacial score (nSPS) is 18.1. The molecule has 1 aromatic heterocycles. The van der Waals surface area contributed by atoms with Crippen LogP contribution in [-0.4, -0.2) is 63.5 Å². The first-order valence-corrected chi connectivity index (χ1v) is 12.4. The molecule has 10 nitrogen and oxygen atoms in total. The molecule has 10 heteroatoms. The molecule has 1 atom stereocenters. The maximum Gasteiger partial charge on any atom is 0.347 e. The maximum absolute atomic E-state index is 11.2. The van der Waals surface area contributed by atoms with Crippen LogP contribution < -0.4 is 24.4 Å². The van der Waals surface area contributed by atoms with Crippen molar-refractivity contribution >= 4 is 17.9 Å². The van der Waals surface area contributed by atoms with Crippen molar-refractivity contribution in [3.8, 4) is 17.5 Å². The van der Waals surface area contributed by atoms with Crippen molar-refractivity contribution in [2.45, 2.75) is 77.0 Å². The van der Waals surface area contributed by atoms with Crippen LogP contribution in [0.15, 0.2) is 24.3 Å². The second-order valence-corrected chi connectivity index (χ2v) is 9.50. The fourth-order valence-corrected chi connectivity index (χ4v) is 3.94. The van der Waals surface area contributed by atoms with E-state index in [0.717, 1.165) is 38.6 Å². The van der Waals surface area contributed by atoms with Gasteiger partial charge in [0, 0.05) is 18.6 Å². The summed E-state index contributed by atoms with van der Waals surface area (Å²) >= 11 is 0. The highest BCUT2D eigenvalue weighted by atomic mass is 16.5. The molecule has 0 radical (unpaired) electrons. The van der Waals surface area contributed by atoms with Gasteiger partial charge in [-0.3, -0.25) is 0 Å². The predicted octanol–water partition coefficient (Wildman–Crippen LogP) is 3.91. The molecular formula is C25H35N5O5. The number of carbonyl (C=O) groups is 1. The van der Waals surface area contributed by atoms with Crippen molar-refractivity contribution in [3.63, 3.8) is 0 Å². The van der Waals surface area contributed by atoms with E-state index in [-0.39, 0.29) is 6.61 Å². The van der Waals surface area contributed by atoms with Crippen LogP contribution in [0, 0.1) is 0 Å². The zero-order valence-corrected chi connectivity index (χ0v) is 20.7. The molecule has 35 heavy (non-hydrogen) atoms. The lowest BCUT2D eigenvalue weighted by Crippen LogP contribution is -2.40. The summed E-state index contributed by atoms with van der Waals surface area (Å²) in [6.45, 7) is 6.72. The monoisotopic (exact) mass is 485 g/mol. The number of carboxylic acids is 1. The third-order valence-electron chi connectivity index (χ3n) is 6.16. The Morgan fingerprint density at radius 1 is 1.06 bits per heavy atom. The molecule has 2 fully saturated rings. The Kier molecular flexibility index (Phi) is 7.77. The Balaban J connectivity index is 1.33. The molecule has 1 unspecified atom stereocenters. The van der Waals surface area contributed by atoms with E-state index in [0.29, 0.717) is 48.1 Å². The van der Waals surface area contributed by atoms with Crippen LogP contribution in [0.25, 0.3) is 0 Å². The molecule has 2 N–H and O–H groups in total. The van der Waals surface area contributed by atoms with E-state index in [1.54, 1.807) is 24.3 Å². The number of hydrogen-bond donors (Lipinski definition) is 2. The Morgan fingerprint density at radius 2 is 1.77 bits per heavy atom. The number of aliphatic carboxylic acids is 1. The highest BCUT2D eigenvalue weighted by Gasteiger charge is 2.29. The number of benzene rings is 1.